The Kier molecular flexibility index (Phi) is 5.26. The zero-order chi connectivity index (χ0) is 13.7. The Bertz CT molecular complexity index is 377. The predicted molar refractivity (Wildman–Crippen MR) is 83.8 cm³/mol. The van der Waals surface area contributed by atoms with Gasteiger partial charge in [-0.15, -0.1) is 0 Å². The van der Waals surface area contributed by atoms with Crippen molar-refractivity contribution in [3.05, 3.63) is 29.8 Å². The Labute approximate surface area is 118 Å². The van der Waals surface area contributed by atoms with Gasteiger partial charge in [0.2, 0.25) is 0 Å². The number of piperidine rings is 1. The molecule has 2 heteroatoms. The lowest BCUT2D eigenvalue weighted by Crippen LogP contribution is -2.34. The molecule has 2 nitrogen and oxygen atoms in total. The molecule has 0 saturated carbocycles. The van der Waals surface area contributed by atoms with E-state index in [-0.39, 0.29) is 0 Å². The van der Waals surface area contributed by atoms with E-state index in [1.807, 2.05) is 0 Å². The van der Waals surface area contributed by atoms with Gasteiger partial charge in [0.25, 0.3) is 0 Å². The van der Waals surface area contributed by atoms with Crippen molar-refractivity contribution in [2.24, 2.45) is 5.92 Å². The van der Waals surface area contributed by atoms with E-state index in [1.54, 1.807) is 0 Å². The van der Waals surface area contributed by atoms with Crippen molar-refractivity contribution in [2.45, 2.75) is 45.6 Å². The van der Waals surface area contributed by atoms with Crippen LogP contribution < -0.4 is 10.2 Å². The third kappa shape index (κ3) is 3.30. The molecule has 0 radical (unpaired) electrons. The molecule has 1 saturated heterocycles. The highest BCUT2D eigenvalue weighted by atomic mass is 15.1. The van der Waals surface area contributed by atoms with Crippen LogP contribution in [0.4, 0.5) is 5.69 Å². The zero-order valence-electron chi connectivity index (χ0n) is 12.7. The quantitative estimate of drug-likeness (QED) is 0.861. The highest BCUT2D eigenvalue weighted by Gasteiger charge is 2.21. The fraction of sp³-hybridized carbons (Fsp3) is 0.647. The van der Waals surface area contributed by atoms with Crippen molar-refractivity contribution in [1.29, 1.82) is 0 Å². The number of hydrogen-bond donors (Lipinski definition) is 1. The second-order valence-corrected chi connectivity index (χ2v) is 5.65. The van der Waals surface area contributed by atoms with E-state index in [9.17, 15) is 0 Å². The first-order valence-corrected chi connectivity index (χ1v) is 7.81. The third-order valence-electron chi connectivity index (χ3n) is 4.60. The molecule has 0 aromatic heterocycles. The van der Waals surface area contributed by atoms with Crippen LogP contribution in [0, 0.1) is 5.92 Å². The lowest BCUT2D eigenvalue weighted by molar-refractivity contribution is 0.394. The first-order chi connectivity index (χ1) is 9.30. The SMILES string of the molecule is CCC1CCN(c2ccccc2C(CC)NC)CC1. The van der Waals surface area contributed by atoms with Crippen molar-refractivity contribution in [1.82, 2.24) is 5.32 Å². The molecule has 1 N–H and O–H groups in total. The molecule has 1 fully saturated rings. The fourth-order valence-electron chi connectivity index (χ4n) is 3.23. The molecule has 2 rings (SSSR count). The summed E-state index contributed by atoms with van der Waals surface area (Å²) in [5.41, 5.74) is 2.90. The molecule has 1 aromatic carbocycles. The smallest absolute Gasteiger partial charge is 0.0414 e. The van der Waals surface area contributed by atoms with Crippen LogP contribution in [-0.2, 0) is 0 Å². The summed E-state index contributed by atoms with van der Waals surface area (Å²) in [6.07, 6.45) is 5.17. The van der Waals surface area contributed by atoms with Crippen LogP contribution in [-0.4, -0.2) is 20.1 Å². The second kappa shape index (κ2) is 6.95. The standard InChI is InChI=1S/C17H28N2/c1-4-14-10-12-19(13-11-14)17-9-7-6-8-15(17)16(5-2)18-3/h6-9,14,16,18H,4-5,10-13H2,1-3H3. The fourth-order valence-corrected chi connectivity index (χ4v) is 3.23. The summed E-state index contributed by atoms with van der Waals surface area (Å²) in [6, 6.07) is 9.39. The molecule has 0 amide bonds. The Morgan fingerprint density at radius 3 is 2.47 bits per heavy atom. The molecule has 1 atom stereocenters. The van der Waals surface area contributed by atoms with E-state index in [2.05, 4.69) is 55.4 Å². The van der Waals surface area contributed by atoms with E-state index in [0.29, 0.717) is 6.04 Å². The van der Waals surface area contributed by atoms with Crippen molar-refractivity contribution in [3.63, 3.8) is 0 Å². The van der Waals surface area contributed by atoms with Crippen LogP contribution >= 0.6 is 0 Å². The van der Waals surface area contributed by atoms with Crippen molar-refractivity contribution < 1.29 is 0 Å². The Morgan fingerprint density at radius 1 is 1.21 bits per heavy atom. The molecule has 0 spiro atoms. The minimum atomic E-state index is 0.472. The number of para-hydroxylation sites is 1. The summed E-state index contributed by atoms with van der Waals surface area (Å²) >= 11 is 0. The van der Waals surface area contributed by atoms with Gasteiger partial charge in [0.05, 0.1) is 0 Å². The van der Waals surface area contributed by atoms with Crippen molar-refractivity contribution >= 4 is 5.69 Å². The van der Waals surface area contributed by atoms with Crippen LogP contribution in [0.15, 0.2) is 24.3 Å². The van der Waals surface area contributed by atoms with Gasteiger partial charge in [-0.25, -0.2) is 0 Å². The Hall–Kier alpha value is -1.02. The van der Waals surface area contributed by atoms with Gasteiger partial charge in [-0.3, -0.25) is 0 Å². The van der Waals surface area contributed by atoms with Gasteiger partial charge in [0.15, 0.2) is 0 Å². The monoisotopic (exact) mass is 260 g/mol. The minimum Gasteiger partial charge on any atom is -0.371 e. The van der Waals surface area contributed by atoms with Gasteiger partial charge in [-0.1, -0.05) is 38.5 Å². The first-order valence-electron chi connectivity index (χ1n) is 7.81. The maximum absolute atomic E-state index is 3.44. The molecule has 19 heavy (non-hydrogen) atoms. The molecule has 1 heterocycles. The molecule has 1 unspecified atom stereocenters. The van der Waals surface area contributed by atoms with E-state index in [4.69, 9.17) is 0 Å². The molecule has 0 bridgehead atoms. The number of rotatable bonds is 5. The Morgan fingerprint density at radius 2 is 1.89 bits per heavy atom. The minimum absolute atomic E-state index is 0.472. The summed E-state index contributed by atoms with van der Waals surface area (Å²) in [5.74, 6) is 0.940. The normalized spacial score (nSPS) is 18.6. The summed E-state index contributed by atoms with van der Waals surface area (Å²) in [4.78, 5) is 2.58. The molecular weight excluding hydrogens is 232 g/mol. The number of nitrogens with zero attached hydrogens (tertiary/aromatic N) is 1. The topological polar surface area (TPSA) is 15.3 Å². The summed E-state index contributed by atoms with van der Waals surface area (Å²) < 4.78 is 0. The van der Waals surface area contributed by atoms with Gasteiger partial charge >= 0.3 is 0 Å². The van der Waals surface area contributed by atoms with Crippen LogP contribution in [0.3, 0.4) is 0 Å². The van der Waals surface area contributed by atoms with Crippen molar-refractivity contribution in [2.75, 3.05) is 25.0 Å². The van der Waals surface area contributed by atoms with Crippen LogP contribution in [0.25, 0.3) is 0 Å². The van der Waals surface area contributed by atoms with Gasteiger partial charge in [-0.05, 0) is 43.9 Å². The summed E-state index contributed by atoms with van der Waals surface area (Å²) in [5, 5.41) is 3.44. The lowest BCUT2D eigenvalue weighted by atomic mass is 9.93. The maximum atomic E-state index is 3.44. The van der Waals surface area contributed by atoms with E-state index < -0.39 is 0 Å². The van der Waals surface area contributed by atoms with Gasteiger partial charge < -0.3 is 10.2 Å². The summed E-state index contributed by atoms with van der Waals surface area (Å²) in [6.45, 7) is 7.01. The average molecular weight is 260 g/mol. The average Bonchev–Trinajstić information content (AvgIpc) is 2.49. The molecule has 1 aliphatic heterocycles. The first kappa shape index (κ1) is 14.4. The molecule has 0 aliphatic carbocycles. The van der Waals surface area contributed by atoms with Gasteiger partial charge in [0.1, 0.15) is 0 Å². The molecular formula is C17H28N2. The Balaban J connectivity index is 2.16. The maximum Gasteiger partial charge on any atom is 0.0414 e. The van der Waals surface area contributed by atoms with E-state index in [1.165, 1.54) is 43.6 Å². The van der Waals surface area contributed by atoms with Gasteiger partial charge in [0, 0.05) is 24.8 Å². The highest BCUT2D eigenvalue weighted by Crippen LogP contribution is 2.31. The number of nitrogens with one attached hydrogen (secondary N) is 1. The van der Waals surface area contributed by atoms with Crippen LogP contribution in [0.2, 0.25) is 0 Å². The van der Waals surface area contributed by atoms with Crippen LogP contribution in [0.5, 0.6) is 0 Å². The number of hydrogen-bond acceptors (Lipinski definition) is 2. The number of anilines is 1. The lowest BCUT2D eigenvalue weighted by Gasteiger charge is -2.35. The molecule has 1 aromatic rings. The molecule has 106 valence electrons. The van der Waals surface area contributed by atoms with Crippen LogP contribution in [0.1, 0.15) is 51.1 Å². The van der Waals surface area contributed by atoms with E-state index in [0.717, 1.165) is 12.3 Å². The summed E-state index contributed by atoms with van der Waals surface area (Å²) in [7, 11) is 2.06. The highest BCUT2D eigenvalue weighted by molar-refractivity contribution is 5.55. The second-order valence-electron chi connectivity index (χ2n) is 5.65. The molecule has 1 aliphatic rings. The van der Waals surface area contributed by atoms with Gasteiger partial charge in [-0.2, -0.15) is 0 Å². The van der Waals surface area contributed by atoms with E-state index >= 15 is 0 Å². The predicted octanol–water partition coefficient (Wildman–Crippen LogP) is 3.98. The number of benzene rings is 1. The van der Waals surface area contributed by atoms with Crippen molar-refractivity contribution in [3.8, 4) is 0 Å². The zero-order valence-corrected chi connectivity index (χ0v) is 12.7. The largest absolute Gasteiger partial charge is 0.371 e. The third-order valence-corrected chi connectivity index (χ3v) is 4.60.